The molecule has 0 spiro atoms. The van der Waals surface area contributed by atoms with Crippen molar-refractivity contribution >= 4 is 17.8 Å². The van der Waals surface area contributed by atoms with Gasteiger partial charge >= 0.3 is 5.97 Å². The third kappa shape index (κ3) is 2.61. The number of halogens is 1. The van der Waals surface area contributed by atoms with E-state index in [1.165, 1.54) is 12.1 Å². The van der Waals surface area contributed by atoms with Crippen LogP contribution >= 0.6 is 0 Å². The Kier molecular flexibility index (Phi) is 3.98. The van der Waals surface area contributed by atoms with Crippen LogP contribution in [0.25, 0.3) is 6.08 Å². The van der Waals surface area contributed by atoms with Crippen LogP contribution in [-0.4, -0.2) is 23.4 Å². The predicted octanol–water partition coefficient (Wildman–Crippen LogP) is 3.02. The van der Waals surface area contributed by atoms with Gasteiger partial charge in [-0.3, -0.25) is 0 Å². The predicted molar refractivity (Wildman–Crippen MR) is 73.8 cm³/mol. The highest BCUT2D eigenvalue weighted by Gasteiger charge is 2.27. The fourth-order valence-electron chi connectivity index (χ4n) is 1.88. The van der Waals surface area contributed by atoms with Crippen LogP contribution in [-0.2, 0) is 9.53 Å². The topological polar surface area (TPSA) is 58.9 Å². The van der Waals surface area contributed by atoms with E-state index in [-0.39, 0.29) is 29.2 Å². The number of rotatable bonds is 3. The molecule has 1 N–H and O–H groups in total. The van der Waals surface area contributed by atoms with E-state index >= 15 is 0 Å². The maximum Gasteiger partial charge on any atom is 0.343 e. The molecule has 1 aliphatic heterocycles. The van der Waals surface area contributed by atoms with Crippen LogP contribution < -0.4 is 0 Å². The molecule has 1 heterocycles. The summed E-state index contributed by atoms with van der Waals surface area (Å²) in [7, 11) is 0. The maximum atomic E-state index is 13.6. The monoisotopic (exact) mass is 275 g/mol. The molecule has 0 unspecified atom stereocenters. The average Bonchev–Trinajstić information content (AvgIpc) is 2.67. The Morgan fingerprint density at radius 1 is 1.45 bits per heavy atom. The van der Waals surface area contributed by atoms with E-state index in [9.17, 15) is 14.3 Å². The summed E-state index contributed by atoms with van der Waals surface area (Å²) in [6.07, 6.45) is 1.39. The lowest BCUT2D eigenvalue weighted by Gasteiger charge is -2.03. The van der Waals surface area contributed by atoms with Gasteiger partial charge in [0, 0.05) is 5.56 Å². The molecule has 1 aliphatic rings. The molecule has 1 aromatic carbocycles. The van der Waals surface area contributed by atoms with Crippen molar-refractivity contribution in [2.75, 3.05) is 6.61 Å². The van der Waals surface area contributed by atoms with Crippen molar-refractivity contribution in [3.05, 3.63) is 52.7 Å². The summed E-state index contributed by atoms with van der Waals surface area (Å²) in [6.45, 7) is 3.47. The number of benzene rings is 1. The molecule has 4 nitrogen and oxygen atoms in total. The van der Waals surface area contributed by atoms with Gasteiger partial charge in [0.2, 0.25) is 0 Å². The quantitative estimate of drug-likeness (QED) is 0.863. The van der Waals surface area contributed by atoms with Crippen molar-refractivity contribution in [2.24, 2.45) is 4.99 Å². The zero-order valence-corrected chi connectivity index (χ0v) is 11.2. The molecule has 0 aliphatic carbocycles. The summed E-state index contributed by atoms with van der Waals surface area (Å²) in [5.41, 5.74) is 0.810. The minimum atomic E-state index is -0.636. The van der Waals surface area contributed by atoms with Crippen molar-refractivity contribution in [1.82, 2.24) is 0 Å². The zero-order chi connectivity index (χ0) is 14.7. The molecule has 0 bridgehead atoms. The molecule has 0 saturated heterocycles. The standard InChI is InChI=1S/C15H14FNO3/c1-3-20-15(19)13-9(2)17-12(14(13)18)8-10-6-4-5-7-11(10)16/h4-8,18H,3H2,1-2H3. The van der Waals surface area contributed by atoms with Gasteiger partial charge in [0.15, 0.2) is 5.76 Å². The van der Waals surface area contributed by atoms with E-state index in [2.05, 4.69) is 4.99 Å². The number of carbonyl (C=O) groups is 1. The number of aliphatic imine (C=N–C) groups is 1. The molecule has 0 amide bonds. The van der Waals surface area contributed by atoms with E-state index in [4.69, 9.17) is 4.74 Å². The highest BCUT2D eigenvalue weighted by Crippen LogP contribution is 2.26. The molecule has 0 saturated carbocycles. The first-order chi connectivity index (χ1) is 9.54. The molecule has 20 heavy (non-hydrogen) atoms. The number of hydrogen-bond acceptors (Lipinski definition) is 4. The Morgan fingerprint density at radius 2 is 2.15 bits per heavy atom. The Hall–Kier alpha value is -2.43. The molecule has 1 aromatic rings. The van der Waals surface area contributed by atoms with Gasteiger partial charge in [0.25, 0.3) is 0 Å². The van der Waals surface area contributed by atoms with Gasteiger partial charge in [0.1, 0.15) is 17.1 Å². The number of aliphatic hydroxyl groups is 1. The smallest absolute Gasteiger partial charge is 0.343 e. The van der Waals surface area contributed by atoms with Gasteiger partial charge < -0.3 is 9.84 Å². The summed E-state index contributed by atoms with van der Waals surface area (Å²) in [5.74, 6) is -1.35. The SMILES string of the molecule is CCOC(=O)C1=C(O)C(=Cc2ccccc2F)N=C1C. The number of nitrogens with zero attached hydrogens (tertiary/aromatic N) is 1. The number of esters is 1. The third-order valence-corrected chi connectivity index (χ3v) is 2.81. The lowest BCUT2D eigenvalue weighted by molar-refractivity contribution is -0.138. The fourth-order valence-corrected chi connectivity index (χ4v) is 1.88. The lowest BCUT2D eigenvalue weighted by Crippen LogP contribution is -2.13. The Morgan fingerprint density at radius 3 is 2.80 bits per heavy atom. The minimum Gasteiger partial charge on any atom is -0.505 e. The van der Waals surface area contributed by atoms with Gasteiger partial charge in [-0.15, -0.1) is 0 Å². The second kappa shape index (κ2) is 5.69. The number of carbonyl (C=O) groups excluding carboxylic acids is 1. The van der Waals surface area contributed by atoms with Crippen LogP contribution in [0.5, 0.6) is 0 Å². The summed E-state index contributed by atoms with van der Waals surface area (Å²) >= 11 is 0. The van der Waals surface area contributed by atoms with E-state index in [1.54, 1.807) is 32.0 Å². The minimum absolute atomic E-state index is 0.0226. The summed E-state index contributed by atoms with van der Waals surface area (Å²) in [4.78, 5) is 15.8. The second-order valence-corrected chi connectivity index (χ2v) is 4.19. The Bertz CT molecular complexity index is 644. The van der Waals surface area contributed by atoms with Crippen molar-refractivity contribution in [3.8, 4) is 0 Å². The zero-order valence-electron chi connectivity index (χ0n) is 11.2. The van der Waals surface area contributed by atoms with Crippen LogP contribution in [0.4, 0.5) is 4.39 Å². The largest absolute Gasteiger partial charge is 0.505 e. The highest BCUT2D eigenvalue weighted by molar-refractivity contribution is 6.22. The maximum absolute atomic E-state index is 13.6. The van der Waals surface area contributed by atoms with E-state index in [1.807, 2.05) is 0 Å². The molecule has 0 atom stereocenters. The van der Waals surface area contributed by atoms with Gasteiger partial charge in [-0.2, -0.15) is 0 Å². The van der Waals surface area contributed by atoms with E-state index < -0.39 is 11.8 Å². The molecule has 104 valence electrons. The van der Waals surface area contributed by atoms with Crippen LogP contribution in [0.15, 0.2) is 46.3 Å². The number of aliphatic hydroxyl groups excluding tert-OH is 1. The Labute approximate surface area is 115 Å². The van der Waals surface area contributed by atoms with Crippen molar-refractivity contribution < 1.29 is 19.0 Å². The first kappa shape index (κ1) is 14.0. The fraction of sp³-hybridized carbons (Fsp3) is 0.200. The first-order valence-electron chi connectivity index (χ1n) is 6.17. The molecule has 0 radical (unpaired) electrons. The average molecular weight is 275 g/mol. The molecular formula is C15H14FNO3. The lowest BCUT2D eigenvalue weighted by atomic mass is 10.1. The van der Waals surface area contributed by atoms with Crippen molar-refractivity contribution in [2.45, 2.75) is 13.8 Å². The summed E-state index contributed by atoms with van der Waals surface area (Å²) in [6, 6.07) is 6.11. The molecule has 5 heteroatoms. The van der Waals surface area contributed by atoms with E-state index in [0.29, 0.717) is 5.71 Å². The van der Waals surface area contributed by atoms with Gasteiger partial charge in [-0.1, -0.05) is 18.2 Å². The third-order valence-electron chi connectivity index (χ3n) is 2.81. The molecule has 0 aromatic heterocycles. The van der Waals surface area contributed by atoms with Gasteiger partial charge in [0.05, 0.1) is 12.3 Å². The van der Waals surface area contributed by atoms with E-state index in [0.717, 1.165) is 0 Å². The highest BCUT2D eigenvalue weighted by atomic mass is 19.1. The normalized spacial score (nSPS) is 16.6. The van der Waals surface area contributed by atoms with Gasteiger partial charge in [-0.25, -0.2) is 14.2 Å². The van der Waals surface area contributed by atoms with Crippen molar-refractivity contribution in [3.63, 3.8) is 0 Å². The molecule has 0 fully saturated rings. The molecule has 2 rings (SSSR count). The number of ether oxygens (including phenoxy) is 1. The van der Waals surface area contributed by atoms with Crippen LogP contribution in [0.2, 0.25) is 0 Å². The van der Waals surface area contributed by atoms with Crippen LogP contribution in [0.1, 0.15) is 19.4 Å². The first-order valence-corrected chi connectivity index (χ1v) is 6.17. The van der Waals surface area contributed by atoms with Crippen molar-refractivity contribution in [1.29, 1.82) is 0 Å². The second-order valence-electron chi connectivity index (χ2n) is 4.19. The van der Waals surface area contributed by atoms with Crippen LogP contribution in [0, 0.1) is 5.82 Å². The molecular weight excluding hydrogens is 261 g/mol. The van der Waals surface area contributed by atoms with Gasteiger partial charge in [-0.05, 0) is 26.0 Å². The summed E-state index contributed by atoms with van der Waals surface area (Å²) < 4.78 is 18.4. The number of hydrogen-bond donors (Lipinski definition) is 1. The Balaban J connectivity index is 2.41. The summed E-state index contributed by atoms with van der Waals surface area (Å²) in [5, 5.41) is 10.0. The van der Waals surface area contributed by atoms with Crippen LogP contribution in [0.3, 0.4) is 0 Å².